The Hall–Kier alpha value is -4.06. The van der Waals surface area contributed by atoms with Crippen molar-refractivity contribution >= 4 is 33.7 Å². The lowest BCUT2D eigenvalue weighted by molar-refractivity contribution is -0.117. The molecule has 3 aromatic rings. The molecule has 190 valence electrons. The summed E-state index contributed by atoms with van der Waals surface area (Å²) in [6, 6.07) is 20.0. The normalized spacial score (nSPS) is 11.3. The van der Waals surface area contributed by atoms with Crippen LogP contribution in [0.3, 0.4) is 0 Å². The van der Waals surface area contributed by atoms with Gasteiger partial charge in [0.25, 0.3) is 5.91 Å². The van der Waals surface area contributed by atoms with Gasteiger partial charge in [0.1, 0.15) is 16.5 Å². The number of hydrogen-bond donors (Lipinski definition) is 1. The number of carbonyl (C=O) groups is 1. The van der Waals surface area contributed by atoms with Crippen LogP contribution in [0.5, 0.6) is 11.5 Å². The molecule has 0 aromatic heterocycles. The van der Waals surface area contributed by atoms with Gasteiger partial charge in [-0.25, -0.2) is 0 Å². The maximum atomic E-state index is 13.0. The number of carbonyl (C=O) groups excluding carboxylic acids is 1. The summed E-state index contributed by atoms with van der Waals surface area (Å²) in [4.78, 5) is 12.6. The lowest BCUT2D eigenvalue weighted by atomic mass is 10.0. The number of allylic oxidation sites excluding steroid dienone is 1. The van der Waals surface area contributed by atoms with E-state index in [0.717, 1.165) is 5.56 Å². The number of ether oxygens (including phenoxy) is 1. The molecule has 0 aliphatic heterocycles. The van der Waals surface area contributed by atoms with Crippen molar-refractivity contribution in [1.82, 2.24) is 5.32 Å². The fourth-order valence-electron chi connectivity index (χ4n) is 3.38. The summed E-state index contributed by atoms with van der Waals surface area (Å²) >= 11 is 5.88. The summed E-state index contributed by atoms with van der Waals surface area (Å²) in [5.74, 6) is -0.395. The summed E-state index contributed by atoms with van der Waals surface area (Å²) in [7, 11) is -4.20. The summed E-state index contributed by atoms with van der Waals surface area (Å²) in [5, 5.41) is 12.7. The van der Waals surface area contributed by atoms with Crippen molar-refractivity contribution in [3.05, 3.63) is 107 Å². The smallest absolute Gasteiger partial charge is 0.339 e. The highest BCUT2D eigenvalue weighted by atomic mass is 35.5. The summed E-state index contributed by atoms with van der Waals surface area (Å²) in [6.07, 6.45) is 3.24. The Labute approximate surface area is 221 Å². The van der Waals surface area contributed by atoms with Gasteiger partial charge < -0.3 is 14.2 Å². The van der Waals surface area contributed by atoms with Crippen LogP contribution in [0.15, 0.2) is 89.9 Å². The van der Waals surface area contributed by atoms with Crippen LogP contribution in [-0.2, 0) is 27.9 Å². The van der Waals surface area contributed by atoms with Gasteiger partial charge in [-0.1, -0.05) is 48.0 Å². The van der Waals surface area contributed by atoms with Gasteiger partial charge in [-0.15, -0.1) is 6.58 Å². The molecule has 0 aliphatic carbocycles. The lowest BCUT2D eigenvalue weighted by Crippen LogP contribution is -2.23. The van der Waals surface area contributed by atoms with Crippen molar-refractivity contribution in [1.29, 1.82) is 5.26 Å². The van der Waals surface area contributed by atoms with E-state index in [1.54, 1.807) is 19.1 Å². The van der Waals surface area contributed by atoms with E-state index in [1.165, 1.54) is 36.4 Å². The van der Waals surface area contributed by atoms with E-state index < -0.39 is 16.0 Å². The van der Waals surface area contributed by atoms with Gasteiger partial charge in [-0.2, -0.15) is 13.7 Å². The predicted octanol–water partition coefficient (Wildman–Crippen LogP) is 5.46. The molecule has 3 aromatic carbocycles. The van der Waals surface area contributed by atoms with Crippen LogP contribution in [-0.4, -0.2) is 20.9 Å². The van der Waals surface area contributed by atoms with Crippen LogP contribution in [0.4, 0.5) is 0 Å². The van der Waals surface area contributed by atoms with Gasteiger partial charge in [0.2, 0.25) is 0 Å². The number of nitrogens with zero attached hydrogens (tertiary/aromatic N) is 1. The number of nitrogens with one attached hydrogen (secondary N) is 1. The van der Waals surface area contributed by atoms with Crippen molar-refractivity contribution in [2.24, 2.45) is 0 Å². The zero-order valence-electron chi connectivity index (χ0n) is 20.1. The van der Waals surface area contributed by atoms with E-state index >= 15 is 0 Å². The topological polar surface area (TPSA) is 105 Å². The minimum atomic E-state index is -4.20. The van der Waals surface area contributed by atoms with Gasteiger partial charge in [0, 0.05) is 17.1 Å². The highest BCUT2D eigenvalue weighted by Gasteiger charge is 2.23. The Balaban J connectivity index is 1.97. The number of amides is 1. The molecule has 9 heteroatoms. The Bertz CT molecular complexity index is 1440. The zero-order valence-corrected chi connectivity index (χ0v) is 21.7. The molecular formula is C28H25ClN2O5S. The minimum absolute atomic E-state index is 0.000821. The van der Waals surface area contributed by atoms with Gasteiger partial charge in [0.05, 0.1) is 6.61 Å². The maximum absolute atomic E-state index is 13.0. The first-order valence-electron chi connectivity index (χ1n) is 11.3. The Kier molecular flexibility index (Phi) is 9.50. The second kappa shape index (κ2) is 12.8. The highest BCUT2D eigenvalue weighted by molar-refractivity contribution is 7.87. The maximum Gasteiger partial charge on any atom is 0.339 e. The predicted molar refractivity (Wildman–Crippen MR) is 143 cm³/mol. The molecule has 7 nitrogen and oxygen atoms in total. The van der Waals surface area contributed by atoms with E-state index in [2.05, 4.69) is 11.9 Å². The Morgan fingerprint density at radius 3 is 2.46 bits per heavy atom. The molecule has 0 saturated heterocycles. The van der Waals surface area contributed by atoms with Crippen molar-refractivity contribution in [3.63, 3.8) is 0 Å². The quantitative estimate of drug-likeness (QED) is 0.151. The van der Waals surface area contributed by atoms with E-state index in [0.29, 0.717) is 16.1 Å². The molecule has 0 fully saturated rings. The van der Waals surface area contributed by atoms with E-state index in [4.69, 9.17) is 20.5 Å². The van der Waals surface area contributed by atoms with Crippen LogP contribution in [0.2, 0.25) is 5.02 Å². The number of rotatable bonds is 11. The first kappa shape index (κ1) is 27.5. The number of benzene rings is 3. The highest BCUT2D eigenvalue weighted by Crippen LogP contribution is 2.37. The summed E-state index contributed by atoms with van der Waals surface area (Å²) in [6.45, 7) is 5.96. The average molecular weight is 537 g/mol. The van der Waals surface area contributed by atoms with Crippen molar-refractivity contribution in [3.8, 4) is 17.6 Å². The summed E-state index contributed by atoms with van der Waals surface area (Å²) in [5.41, 5.74) is 1.68. The molecule has 1 N–H and O–H groups in total. The first-order chi connectivity index (χ1) is 17.8. The van der Waals surface area contributed by atoms with Gasteiger partial charge >= 0.3 is 10.1 Å². The van der Waals surface area contributed by atoms with Crippen molar-refractivity contribution < 1.29 is 22.1 Å². The molecule has 0 spiro atoms. The molecule has 0 unspecified atom stereocenters. The van der Waals surface area contributed by atoms with Crippen LogP contribution < -0.4 is 14.2 Å². The molecule has 0 radical (unpaired) electrons. The SMILES string of the molecule is C=CCc1cc(/C=C(\C#N)C(=O)NCc2ccccc2)cc(OCC)c1OS(=O)(=O)c1ccc(Cl)cc1. The number of nitriles is 1. The Morgan fingerprint density at radius 2 is 1.84 bits per heavy atom. The van der Waals surface area contributed by atoms with E-state index in [9.17, 15) is 18.5 Å². The fourth-order valence-corrected chi connectivity index (χ4v) is 4.48. The lowest BCUT2D eigenvalue weighted by Gasteiger charge is -2.16. The minimum Gasteiger partial charge on any atom is -0.490 e. The molecular weight excluding hydrogens is 512 g/mol. The average Bonchev–Trinajstić information content (AvgIpc) is 2.89. The fraction of sp³-hybridized carbons (Fsp3) is 0.143. The number of halogens is 1. The molecule has 0 aliphatic rings. The monoisotopic (exact) mass is 536 g/mol. The molecule has 3 rings (SSSR count). The van der Waals surface area contributed by atoms with Crippen LogP contribution in [0, 0.1) is 11.3 Å². The van der Waals surface area contributed by atoms with Crippen molar-refractivity contribution in [2.75, 3.05) is 6.61 Å². The van der Waals surface area contributed by atoms with Crippen molar-refractivity contribution in [2.45, 2.75) is 24.8 Å². The third-order valence-corrected chi connectivity index (χ3v) is 6.57. The van der Waals surface area contributed by atoms with Crippen LogP contribution >= 0.6 is 11.6 Å². The van der Waals surface area contributed by atoms with Gasteiger partial charge in [-0.3, -0.25) is 4.79 Å². The zero-order chi connectivity index (χ0) is 26.8. The molecule has 0 atom stereocenters. The number of hydrogen-bond acceptors (Lipinski definition) is 6. The molecule has 37 heavy (non-hydrogen) atoms. The first-order valence-corrected chi connectivity index (χ1v) is 13.1. The molecule has 0 heterocycles. The van der Waals surface area contributed by atoms with Crippen LogP contribution in [0.25, 0.3) is 6.08 Å². The van der Waals surface area contributed by atoms with Crippen LogP contribution in [0.1, 0.15) is 23.6 Å². The van der Waals surface area contributed by atoms with Gasteiger partial charge in [-0.05, 0) is 66.9 Å². The van der Waals surface area contributed by atoms with E-state index in [-0.39, 0.29) is 41.5 Å². The molecule has 0 bridgehead atoms. The third kappa shape index (κ3) is 7.46. The van der Waals surface area contributed by atoms with E-state index in [1.807, 2.05) is 36.4 Å². The van der Waals surface area contributed by atoms with Gasteiger partial charge in [0.15, 0.2) is 11.5 Å². The standard InChI is InChI=1S/C28H25ClN2O5S/c1-3-8-22-15-21(16-23(18-30)28(32)31-19-20-9-6-5-7-10-20)17-26(35-4-2)27(22)36-37(33,34)25-13-11-24(29)12-14-25/h3,5-7,9-17H,1,4,8,19H2,2H3,(H,31,32)/b23-16+. The summed E-state index contributed by atoms with van der Waals surface area (Å²) < 4.78 is 37.1. The second-order valence-corrected chi connectivity index (χ2v) is 9.75. The third-order valence-electron chi connectivity index (χ3n) is 5.09. The molecule has 1 amide bonds. The molecule has 0 saturated carbocycles. The Morgan fingerprint density at radius 1 is 1.14 bits per heavy atom. The largest absolute Gasteiger partial charge is 0.490 e. The second-order valence-electron chi connectivity index (χ2n) is 7.76.